The van der Waals surface area contributed by atoms with E-state index in [0.717, 1.165) is 60.7 Å². The molecule has 48 heteroatoms. The molecule has 6 aromatic rings. The third-order valence-corrected chi connectivity index (χ3v) is 19.2. The van der Waals surface area contributed by atoms with Crippen LogP contribution < -0.4 is 11.5 Å². The topological polar surface area (TPSA) is 733 Å². The van der Waals surface area contributed by atoms with Crippen molar-refractivity contribution >= 4 is 118 Å². The lowest BCUT2D eigenvalue weighted by Crippen LogP contribution is -2.32. The third kappa shape index (κ3) is 36.9. The highest BCUT2D eigenvalue weighted by Gasteiger charge is 2.27. The Bertz CT molecular complexity index is 4340. The largest absolute Gasteiger partial charge is 0.505 e. The first-order chi connectivity index (χ1) is 52.8. The second kappa shape index (κ2) is 53.0. The van der Waals surface area contributed by atoms with Crippen molar-refractivity contribution < 1.29 is 152 Å². The average Bonchev–Trinajstić information content (AvgIpc) is 0.764. The Morgan fingerprint density at radius 1 is 0.304 bits per heavy atom. The van der Waals surface area contributed by atoms with E-state index in [1.165, 1.54) is 18.2 Å². The Morgan fingerprint density at radius 3 is 0.848 bits per heavy atom. The number of aliphatic hydroxyl groups is 15. The van der Waals surface area contributed by atoms with Crippen LogP contribution in [0.3, 0.4) is 0 Å². The molecule has 0 saturated heterocycles. The van der Waals surface area contributed by atoms with Gasteiger partial charge in [0.05, 0.1) is 115 Å². The van der Waals surface area contributed by atoms with E-state index in [-0.39, 0.29) is 143 Å². The summed E-state index contributed by atoms with van der Waals surface area (Å²) in [4.78, 5) is 4.43. The first-order valence-electron chi connectivity index (χ1n) is 33.3. The van der Waals surface area contributed by atoms with Crippen molar-refractivity contribution in [1.82, 2.24) is 24.5 Å². The minimum absolute atomic E-state index is 0.0214. The molecule has 112 heavy (non-hydrogen) atoms. The molecule has 0 aromatic heterocycles. The number of azo groups is 2. The fourth-order valence-electron chi connectivity index (χ4n) is 9.67. The quantitative estimate of drug-likeness (QED) is 0.00794. The molecule has 6 rings (SSSR count). The van der Waals surface area contributed by atoms with Crippen molar-refractivity contribution in [1.29, 1.82) is 0 Å². The van der Waals surface area contributed by atoms with Crippen molar-refractivity contribution in [3.05, 3.63) is 90.0 Å². The van der Waals surface area contributed by atoms with E-state index in [4.69, 9.17) is 88.1 Å². The maximum atomic E-state index is 12.5. The summed E-state index contributed by atoms with van der Waals surface area (Å²) in [7, 11) is -25.4. The minimum Gasteiger partial charge on any atom is -0.505 e. The molecule has 0 spiro atoms. The molecule has 0 fully saturated rings. The molecule has 0 aliphatic heterocycles. The Labute approximate surface area is 646 Å². The smallest absolute Gasteiger partial charge is 0.296 e. The van der Waals surface area contributed by atoms with Gasteiger partial charge >= 0.3 is 0 Å². The summed E-state index contributed by atoms with van der Waals surface area (Å²) in [6, 6.07) is 12.8. The molecule has 0 atom stereocenters. The zero-order chi connectivity index (χ0) is 85.0. The number of anilines is 2. The number of nitrogen functional groups attached to an aromatic ring is 2. The zero-order valence-corrected chi connectivity index (χ0v) is 64.6. The monoisotopic (exact) mass is 1700 g/mol. The molecule has 0 bridgehead atoms. The van der Waals surface area contributed by atoms with Gasteiger partial charge in [0, 0.05) is 120 Å². The van der Waals surface area contributed by atoms with Crippen LogP contribution in [0.5, 0.6) is 11.5 Å². The number of aromatic hydroxyl groups is 2. The molecule has 43 nitrogen and oxygen atoms in total. The Hall–Kier alpha value is -7.27. The van der Waals surface area contributed by atoms with Crippen LogP contribution in [0.2, 0.25) is 0 Å². The van der Waals surface area contributed by atoms with Crippen molar-refractivity contribution in [2.75, 3.05) is 209 Å². The van der Waals surface area contributed by atoms with E-state index in [1.807, 2.05) is 0 Å². The van der Waals surface area contributed by atoms with Crippen LogP contribution in [0.4, 0.5) is 34.1 Å². The van der Waals surface area contributed by atoms with Crippen molar-refractivity contribution in [2.24, 2.45) is 20.5 Å². The second-order valence-corrected chi connectivity index (χ2v) is 29.8. The molecular weight excluding hydrogens is 1600 g/mol. The summed E-state index contributed by atoms with van der Waals surface area (Å²) >= 11 is 0. The van der Waals surface area contributed by atoms with Crippen LogP contribution in [-0.4, -0.2) is 373 Å². The molecule has 26 N–H and O–H groups in total. The fourth-order valence-corrected chi connectivity index (χ4v) is 12.9. The number of aliphatic hydroxyl groups excluding tert-OH is 15. The van der Waals surface area contributed by atoms with E-state index < -0.39 is 109 Å². The summed E-state index contributed by atoms with van der Waals surface area (Å²) in [5.74, 6) is -1.81. The maximum absolute atomic E-state index is 12.5. The maximum Gasteiger partial charge on any atom is 0.296 e. The van der Waals surface area contributed by atoms with Gasteiger partial charge in [-0.3, -0.25) is 47.3 Å². The zero-order valence-electron chi connectivity index (χ0n) is 60.5. The van der Waals surface area contributed by atoms with Crippen LogP contribution in [-0.2, 0) is 50.6 Å². The van der Waals surface area contributed by atoms with Gasteiger partial charge in [-0.2, -0.15) is 52.3 Å². The van der Waals surface area contributed by atoms with E-state index in [1.54, 1.807) is 24.5 Å². The van der Waals surface area contributed by atoms with E-state index in [0.29, 0.717) is 110 Å². The Kier molecular flexibility index (Phi) is 48.6. The Morgan fingerprint density at radius 2 is 0.580 bits per heavy atom. The van der Waals surface area contributed by atoms with Crippen molar-refractivity contribution in [2.45, 2.75) is 24.5 Å². The number of hydrogen-bond acceptors (Lipinski definition) is 38. The Balaban J connectivity index is 0.000000997. The molecular formula is C64H101N11O32S5. The lowest BCUT2D eigenvalue weighted by atomic mass is 10.1. The first-order valence-corrected chi connectivity index (χ1v) is 40.5. The highest BCUT2D eigenvalue weighted by Crippen LogP contribution is 2.45. The molecule has 0 unspecified atom stereocenters. The molecule has 0 radical (unpaired) electrons. The lowest BCUT2D eigenvalue weighted by molar-refractivity contribution is 0.136. The molecule has 6 aromatic carbocycles. The number of phenolic OH excluding ortho intramolecular Hbond substituents is 2. The SMILES string of the molecule is Nc1ccc2cc(S(=O)(=O)O)c(N=Nc3ccc(/C=C/c4ccc(N=Nc5c(S(=O)(=O)O)cc6cc(S(=O)(=O)O)cc(N)c6c5O)cc4S(=O)(=O)O)c(S(=O)(=O)O)c3)c(O)c2c1.OCCN(CCO)CCO.OCCN(CCO)CCO.OCCN(CCO)CCO.OCCN(CCO)CCO.OCCN(CCO)CCO. The van der Waals surface area contributed by atoms with Crippen molar-refractivity contribution in [3.63, 3.8) is 0 Å². The molecule has 0 heterocycles. The number of hydrogen-bond donors (Lipinski definition) is 24. The summed E-state index contributed by atoms with van der Waals surface area (Å²) in [5, 5.41) is 163. The number of nitrogens with two attached hydrogens (primary N) is 2. The summed E-state index contributed by atoms with van der Waals surface area (Å²) in [5.41, 5.74) is 8.15. The number of benzene rings is 6. The van der Waals surface area contributed by atoms with Crippen LogP contribution >= 0.6 is 0 Å². The van der Waals surface area contributed by atoms with Gasteiger partial charge in [-0.05, 0) is 82.6 Å². The van der Waals surface area contributed by atoms with Gasteiger partial charge in [0.2, 0.25) is 0 Å². The van der Waals surface area contributed by atoms with Crippen LogP contribution in [0.1, 0.15) is 11.1 Å². The number of rotatable bonds is 41. The molecule has 0 aliphatic carbocycles. The standard InChI is InChI=1S/C34H26N6O17S5.5C6H15NO3/c35-20-6-3-18-10-28(61(52,53)54)31(33(41)24(18)12-20)39-37-21-7-4-16(26(13-21)59(46,47)48)1-2-17-5-8-22(14-27(17)60(49,50)51)38-40-32-29(62(55,56)57)11-19-9-23(58(43,44)45)15-25(36)30(19)34(32)42;5*8-4-1-7(2-5-9)3-6-10/h1-15,41-42H,35-36H2,(H,43,44,45)(H,46,47,48)(H,49,50,51)(H,52,53,54)(H,55,56,57);5*8-10H,1-6H2/b2-1+,39-37?,40-38?;;;;;. The summed E-state index contributed by atoms with van der Waals surface area (Å²) in [6.45, 7) is 8.77. The van der Waals surface area contributed by atoms with Gasteiger partial charge in [0.15, 0.2) is 11.5 Å². The van der Waals surface area contributed by atoms with Crippen molar-refractivity contribution in [3.8, 4) is 11.5 Å². The predicted octanol–water partition coefficient (Wildman–Crippen LogP) is -2.87. The summed E-state index contributed by atoms with van der Waals surface area (Å²) in [6.07, 6.45) is 1.95. The van der Waals surface area contributed by atoms with Gasteiger partial charge in [0.1, 0.15) is 31.0 Å². The molecule has 0 saturated carbocycles. The molecule has 0 amide bonds. The van der Waals surface area contributed by atoms with Crippen LogP contribution in [0, 0.1) is 0 Å². The third-order valence-electron chi connectivity index (χ3n) is 14.9. The van der Waals surface area contributed by atoms with E-state index in [2.05, 4.69) is 20.5 Å². The van der Waals surface area contributed by atoms with E-state index in [9.17, 15) is 75.1 Å². The summed E-state index contributed by atoms with van der Waals surface area (Å²) < 4.78 is 171. The molecule has 0 aliphatic rings. The molecule has 634 valence electrons. The van der Waals surface area contributed by atoms with Gasteiger partial charge in [-0.15, -0.1) is 10.2 Å². The van der Waals surface area contributed by atoms with E-state index >= 15 is 0 Å². The number of nitrogens with zero attached hydrogens (tertiary/aromatic N) is 9. The lowest BCUT2D eigenvalue weighted by Gasteiger charge is -2.17. The highest BCUT2D eigenvalue weighted by molar-refractivity contribution is 7.87. The van der Waals surface area contributed by atoms with Gasteiger partial charge in [-0.1, -0.05) is 30.4 Å². The van der Waals surface area contributed by atoms with Gasteiger partial charge < -0.3 is 98.3 Å². The predicted molar refractivity (Wildman–Crippen MR) is 408 cm³/mol. The highest BCUT2D eigenvalue weighted by atomic mass is 32.2. The minimum atomic E-state index is -5.26. The van der Waals surface area contributed by atoms with Gasteiger partial charge in [0.25, 0.3) is 50.6 Å². The fraction of sp³-hybridized carbons (Fsp3) is 0.469. The number of fused-ring (bicyclic) bond motifs is 2. The first kappa shape index (κ1) is 103. The second-order valence-electron chi connectivity index (χ2n) is 22.9. The number of phenols is 2. The average molecular weight is 1700 g/mol. The van der Waals surface area contributed by atoms with Crippen LogP contribution in [0.15, 0.2) is 124 Å². The van der Waals surface area contributed by atoms with Gasteiger partial charge in [-0.25, -0.2) is 0 Å². The van der Waals surface area contributed by atoms with Crippen LogP contribution in [0.25, 0.3) is 33.7 Å². The normalized spacial score (nSPS) is 12.2.